The summed E-state index contributed by atoms with van der Waals surface area (Å²) in [4.78, 5) is 24.7. The number of likely N-dealkylation sites (tertiary alicyclic amines) is 1. The molecule has 1 fully saturated rings. The van der Waals surface area contributed by atoms with E-state index in [0.29, 0.717) is 39.0 Å². The number of carboxylic acids is 1. The Labute approximate surface area is 122 Å². The van der Waals surface area contributed by atoms with Crippen LogP contribution in [0, 0.1) is 5.92 Å². The Kier molecular flexibility index (Phi) is 4.80. The summed E-state index contributed by atoms with van der Waals surface area (Å²) in [6.45, 7) is 6.13. The molecule has 0 aromatic carbocycles. The number of allylic oxidation sites excluding steroid dienone is 1. The maximum Gasteiger partial charge on any atom is 0.306 e. The third-order valence-corrected chi connectivity index (χ3v) is 3.85. The number of hydrogen-bond donors (Lipinski definition) is 2. The molecule has 1 aliphatic rings. The van der Waals surface area contributed by atoms with Crippen LogP contribution < -0.4 is 5.43 Å². The topological polar surface area (TPSA) is 82.8 Å². The van der Waals surface area contributed by atoms with Gasteiger partial charge < -0.3 is 14.8 Å². The van der Waals surface area contributed by atoms with Crippen LogP contribution in [0.15, 0.2) is 29.7 Å². The lowest BCUT2D eigenvalue weighted by Gasteiger charge is -2.30. The summed E-state index contributed by atoms with van der Waals surface area (Å²) >= 11 is 0. The Hall–Kier alpha value is -2.08. The Balaban J connectivity index is 2.09. The fourth-order valence-electron chi connectivity index (χ4n) is 2.61. The van der Waals surface area contributed by atoms with Crippen LogP contribution in [0.5, 0.6) is 5.75 Å². The van der Waals surface area contributed by atoms with E-state index >= 15 is 0 Å². The molecule has 2 rings (SSSR count). The van der Waals surface area contributed by atoms with Crippen molar-refractivity contribution in [1.29, 1.82) is 0 Å². The molecule has 6 nitrogen and oxygen atoms in total. The third-order valence-electron chi connectivity index (χ3n) is 3.85. The minimum absolute atomic E-state index is 0.267. The first-order valence-electron chi connectivity index (χ1n) is 6.99. The van der Waals surface area contributed by atoms with Crippen LogP contribution >= 0.6 is 0 Å². The third kappa shape index (κ3) is 3.72. The van der Waals surface area contributed by atoms with Gasteiger partial charge in [-0.15, -0.1) is 6.58 Å². The zero-order chi connectivity index (χ0) is 15.4. The van der Waals surface area contributed by atoms with Crippen LogP contribution in [0.25, 0.3) is 0 Å². The van der Waals surface area contributed by atoms with Crippen LogP contribution in [0.4, 0.5) is 0 Å². The number of aromatic hydroxyl groups is 1. The second kappa shape index (κ2) is 6.58. The molecule has 0 atom stereocenters. The standard InChI is InChI=1S/C15H20N2O4/c1-2-5-17-10-14(19)13(18)8-12(17)9-16-6-3-11(4-7-16)15(20)21/h2,8,10-11,19H,1,3-7,9H2,(H,20,21). The average Bonchev–Trinajstić information content (AvgIpc) is 2.45. The van der Waals surface area contributed by atoms with Gasteiger partial charge in [-0.3, -0.25) is 14.5 Å². The smallest absolute Gasteiger partial charge is 0.306 e. The number of aliphatic carboxylic acids is 1. The number of carbonyl (C=O) groups is 1. The van der Waals surface area contributed by atoms with Crippen molar-refractivity contribution in [3.8, 4) is 5.75 Å². The molecule has 0 bridgehead atoms. The minimum Gasteiger partial charge on any atom is -0.503 e. The number of carboxylic acid groups (broad SMARTS) is 1. The second-order valence-corrected chi connectivity index (χ2v) is 5.34. The number of nitrogens with zero attached hydrogens (tertiary/aromatic N) is 2. The molecule has 114 valence electrons. The lowest BCUT2D eigenvalue weighted by atomic mass is 9.97. The van der Waals surface area contributed by atoms with Crippen LogP contribution in [0.2, 0.25) is 0 Å². The van der Waals surface area contributed by atoms with Gasteiger partial charge in [0.15, 0.2) is 5.75 Å². The highest BCUT2D eigenvalue weighted by atomic mass is 16.4. The average molecular weight is 292 g/mol. The Morgan fingerprint density at radius 2 is 2.10 bits per heavy atom. The number of rotatable bonds is 5. The van der Waals surface area contributed by atoms with E-state index in [1.165, 1.54) is 12.3 Å². The lowest BCUT2D eigenvalue weighted by Crippen LogP contribution is -2.36. The number of hydrogen-bond acceptors (Lipinski definition) is 4. The van der Waals surface area contributed by atoms with Crippen molar-refractivity contribution in [2.24, 2.45) is 5.92 Å². The zero-order valence-electron chi connectivity index (χ0n) is 11.9. The molecule has 0 radical (unpaired) electrons. The van der Waals surface area contributed by atoms with Gasteiger partial charge in [-0.1, -0.05) is 6.08 Å². The zero-order valence-corrected chi connectivity index (χ0v) is 11.9. The van der Waals surface area contributed by atoms with E-state index in [2.05, 4.69) is 11.5 Å². The molecule has 1 aromatic heterocycles. The first kappa shape index (κ1) is 15.3. The fourth-order valence-corrected chi connectivity index (χ4v) is 2.61. The highest BCUT2D eigenvalue weighted by molar-refractivity contribution is 5.70. The van der Waals surface area contributed by atoms with Gasteiger partial charge in [0.25, 0.3) is 0 Å². The van der Waals surface area contributed by atoms with Crippen LogP contribution in [0.1, 0.15) is 18.5 Å². The van der Waals surface area contributed by atoms with E-state index in [1.54, 1.807) is 10.6 Å². The monoisotopic (exact) mass is 292 g/mol. The molecule has 2 N–H and O–H groups in total. The van der Waals surface area contributed by atoms with E-state index in [0.717, 1.165) is 5.69 Å². The summed E-state index contributed by atoms with van der Waals surface area (Å²) in [5, 5.41) is 18.5. The molecule has 0 amide bonds. The van der Waals surface area contributed by atoms with E-state index in [-0.39, 0.29) is 11.7 Å². The first-order chi connectivity index (χ1) is 10.0. The van der Waals surface area contributed by atoms with Crippen LogP contribution in [0.3, 0.4) is 0 Å². The Bertz CT molecular complexity index is 586. The molecule has 0 unspecified atom stereocenters. The van der Waals surface area contributed by atoms with Crippen molar-refractivity contribution in [1.82, 2.24) is 9.47 Å². The fraction of sp³-hybridized carbons (Fsp3) is 0.467. The summed E-state index contributed by atoms with van der Waals surface area (Å²) in [7, 11) is 0. The van der Waals surface area contributed by atoms with Crippen LogP contribution in [-0.2, 0) is 17.9 Å². The summed E-state index contributed by atoms with van der Waals surface area (Å²) in [6, 6.07) is 1.43. The van der Waals surface area contributed by atoms with E-state index < -0.39 is 11.4 Å². The molecule has 0 saturated carbocycles. The summed E-state index contributed by atoms with van der Waals surface area (Å²) in [5.41, 5.74) is 0.400. The van der Waals surface area contributed by atoms with Gasteiger partial charge in [-0.25, -0.2) is 0 Å². The highest BCUT2D eigenvalue weighted by Crippen LogP contribution is 2.19. The van der Waals surface area contributed by atoms with Gasteiger partial charge in [0.2, 0.25) is 5.43 Å². The van der Waals surface area contributed by atoms with E-state index in [4.69, 9.17) is 5.11 Å². The SMILES string of the molecule is C=CCn1cc(O)c(=O)cc1CN1CCC(C(=O)O)CC1. The summed E-state index contributed by atoms with van der Waals surface area (Å²) < 4.78 is 1.78. The molecule has 1 aliphatic heterocycles. The van der Waals surface area contributed by atoms with Crippen molar-refractivity contribution in [3.63, 3.8) is 0 Å². The summed E-state index contributed by atoms with van der Waals surface area (Å²) in [5.74, 6) is -1.27. The maximum absolute atomic E-state index is 11.6. The van der Waals surface area contributed by atoms with Gasteiger partial charge in [0.05, 0.1) is 12.1 Å². The molecule has 6 heteroatoms. The molecule has 21 heavy (non-hydrogen) atoms. The molecule has 0 spiro atoms. The van der Waals surface area contributed by atoms with Gasteiger partial charge >= 0.3 is 5.97 Å². The van der Waals surface area contributed by atoms with Crippen molar-refractivity contribution in [3.05, 3.63) is 40.8 Å². The molecule has 1 saturated heterocycles. The first-order valence-corrected chi connectivity index (χ1v) is 6.99. The quantitative estimate of drug-likeness (QED) is 0.792. The summed E-state index contributed by atoms with van der Waals surface area (Å²) in [6.07, 6.45) is 4.37. The Morgan fingerprint density at radius 3 is 2.67 bits per heavy atom. The van der Waals surface area contributed by atoms with Gasteiger partial charge in [0, 0.05) is 24.8 Å². The predicted molar refractivity (Wildman–Crippen MR) is 78.2 cm³/mol. The van der Waals surface area contributed by atoms with Crippen LogP contribution in [-0.4, -0.2) is 38.7 Å². The lowest BCUT2D eigenvalue weighted by molar-refractivity contribution is -0.143. The largest absolute Gasteiger partial charge is 0.503 e. The number of aromatic nitrogens is 1. The van der Waals surface area contributed by atoms with Crippen molar-refractivity contribution in [2.75, 3.05) is 13.1 Å². The van der Waals surface area contributed by atoms with Gasteiger partial charge in [-0.2, -0.15) is 0 Å². The Morgan fingerprint density at radius 1 is 1.43 bits per heavy atom. The maximum atomic E-state index is 11.6. The van der Waals surface area contributed by atoms with Crippen molar-refractivity contribution in [2.45, 2.75) is 25.9 Å². The second-order valence-electron chi connectivity index (χ2n) is 5.34. The number of pyridine rings is 1. The van der Waals surface area contributed by atoms with Crippen molar-refractivity contribution >= 4 is 5.97 Å². The minimum atomic E-state index is -0.733. The molecule has 1 aromatic rings. The molecule has 2 heterocycles. The van der Waals surface area contributed by atoms with Gasteiger partial charge in [-0.05, 0) is 25.9 Å². The van der Waals surface area contributed by atoms with Gasteiger partial charge in [0.1, 0.15) is 0 Å². The highest BCUT2D eigenvalue weighted by Gasteiger charge is 2.24. The predicted octanol–water partition coefficient (Wildman–Crippen LogP) is 1.04. The van der Waals surface area contributed by atoms with E-state index in [1.807, 2.05) is 0 Å². The number of piperidine rings is 1. The van der Waals surface area contributed by atoms with E-state index in [9.17, 15) is 14.7 Å². The molecular weight excluding hydrogens is 272 g/mol. The molecular formula is C15H20N2O4. The van der Waals surface area contributed by atoms with Crippen molar-refractivity contribution < 1.29 is 15.0 Å². The normalized spacial score (nSPS) is 16.8. The molecule has 0 aliphatic carbocycles.